The Morgan fingerprint density at radius 1 is 1.62 bits per heavy atom. The highest BCUT2D eigenvalue weighted by Crippen LogP contribution is 2.30. The van der Waals surface area contributed by atoms with E-state index in [4.69, 9.17) is 17.3 Å². The van der Waals surface area contributed by atoms with E-state index in [9.17, 15) is 8.42 Å². The summed E-state index contributed by atoms with van der Waals surface area (Å²) in [5, 5.41) is 3.49. The molecule has 0 atom stereocenters. The molecule has 0 radical (unpaired) electrons. The topological polar surface area (TPSA) is 78.0 Å². The zero-order chi connectivity index (χ0) is 9.64. The smallest absolute Gasteiger partial charge is 0.256 e. The van der Waals surface area contributed by atoms with Crippen molar-refractivity contribution in [3.63, 3.8) is 0 Å². The molecule has 1 heterocycles. The number of nitrogen functional groups attached to an aromatic ring is 1. The summed E-state index contributed by atoms with van der Waals surface area (Å²) in [4.78, 5) is 0. The van der Waals surface area contributed by atoms with Crippen molar-refractivity contribution in [1.82, 2.24) is 9.19 Å². The van der Waals surface area contributed by atoms with Crippen LogP contribution >= 0.6 is 11.6 Å². The Morgan fingerprint density at radius 3 is 2.62 bits per heavy atom. The molecule has 0 aliphatic heterocycles. The van der Waals surface area contributed by atoms with E-state index in [1.807, 2.05) is 0 Å². The van der Waals surface area contributed by atoms with Crippen molar-refractivity contribution < 1.29 is 8.42 Å². The summed E-state index contributed by atoms with van der Waals surface area (Å²) >= 11 is 5.59. The standard InChI is InChI=1S/C6H8ClN3O2S/c7-5-3-10(9-6(5)8)13(11,12)4-1-2-4/h3-4H,1-2H2,(H2,8,9). The highest BCUT2D eigenvalue weighted by molar-refractivity contribution is 7.90. The molecule has 2 rings (SSSR count). The molecule has 0 aromatic carbocycles. The Labute approximate surface area is 80.5 Å². The van der Waals surface area contributed by atoms with Crippen LogP contribution in [0.4, 0.5) is 5.82 Å². The van der Waals surface area contributed by atoms with Gasteiger partial charge in [0, 0.05) is 0 Å². The van der Waals surface area contributed by atoms with Crippen LogP contribution < -0.4 is 5.73 Å². The lowest BCUT2D eigenvalue weighted by molar-refractivity contribution is 0.579. The Bertz CT molecular complexity index is 415. The maximum absolute atomic E-state index is 11.5. The number of aromatic nitrogens is 2. The van der Waals surface area contributed by atoms with Crippen LogP contribution in [0.15, 0.2) is 6.20 Å². The molecular formula is C6H8ClN3O2S. The molecule has 1 aromatic rings. The van der Waals surface area contributed by atoms with Crippen LogP contribution in [0.5, 0.6) is 0 Å². The third kappa shape index (κ3) is 1.40. The second kappa shape index (κ2) is 2.62. The molecule has 0 amide bonds. The second-order valence-electron chi connectivity index (χ2n) is 2.98. The maximum Gasteiger partial charge on any atom is 0.256 e. The van der Waals surface area contributed by atoms with Crippen molar-refractivity contribution in [2.24, 2.45) is 0 Å². The van der Waals surface area contributed by atoms with Gasteiger partial charge < -0.3 is 5.73 Å². The van der Waals surface area contributed by atoms with Gasteiger partial charge in [0.1, 0.15) is 5.02 Å². The van der Waals surface area contributed by atoms with Gasteiger partial charge in [-0.05, 0) is 12.8 Å². The molecule has 72 valence electrons. The molecule has 1 saturated carbocycles. The summed E-state index contributed by atoms with van der Waals surface area (Å²) < 4.78 is 24.0. The number of nitrogens with zero attached hydrogens (tertiary/aromatic N) is 2. The minimum Gasteiger partial charge on any atom is -0.381 e. The molecule has 0 unspecified atom stereocenters. The van der Waals surface area contributed by atoms with Crippen molar-refractivity contribution >= 4 is 27.4 Å². The Hall–Kier alpha value is -0.750. The molecule has 1 aliphatic rings. The molecule has 13 heavy (non-hydrogen) atoms. The average molecular weight is 222 g/mol. The van der Waals surface area contributed by atoms with Gasteiger partial charge in [0.15, 0.2) is 5.82 Å². The number of anilines is 1. The highest BCUT2D eigenvalue weighted by atomic mass is 35.5. The molecule has 1 aromatic heterocycles. The van der Waals surface area contributed by atoms with Crippen molar-refractivity contribution in [2.75, 3.05) is 5.73 Å². The zero-order valence-corrected chi connectivity index (χ0v) is 8.22. The van der Waals surface area contributed by atoms with E-state index in [0.717, 1.165) is 4.09 Å². The summed E-state index contributed by atoms with van der Waals surface area (Å²) in [5.41, 5.74) is 5.33. The zero-order valence-electron chi connectivity index (χ0n) is 6.64. The Balaban J connectivity index is 2.45. The third-order valence-corrected chi connectivity index (χ3v) is 4.19. The van der Waals surface area contributed by atoms with Gasteiger partial charge in [-0.2, -0.15) is 4.09 Å². The highest BCUT2D eigenvalue weighted by Gasteiger charge is 2.37. The molecule has 5 nitrogen and oxygen atoms in total. The van der Waals surface area contributed by atoms with E-state index in [-0.39, 0.29) is 16.1 Å². The van der Waals surface area contributed by atoms with E-state index >= 15 is 0 Å². The molecule has 0 saturated heterocycles. The maximum atomic E-state index is 11.5. The fourth-order valence-electron chi connectivity index (χ4n) is 0.995. The van der Waals surface area contributed by atoms with Gasteiger partial charge in [-0.25, -0.2) is 8.42 Å². The van der Waals surface area contributed by atoms with Gasteiger partial charge in [0.2, 0.25) is 0 Å². The van der Waals surface area contributed by atoms with Crippen LogP contribution in [0.25, 0.3) is 0 Å². The lowest BCUT2D eigenvalue weighted by Crippen LogP contribution is -2.18. The second-order valence-corrected chi connectivity index (χ2v) is 5.46. The number of halogens is 1. The fourth-order valence-corrected chi connectivity index (χ4v) is 2.67. The average Bonchev–Trinajstić information content (AvgIpc) is 2.81. The van der Waals surface area contributed by atoms with Crippen molar-refractivity contribution in [3.8, 4) is 0 Å². The van der Waals surface area contributed by atoms with Crippen molar-refractivity contribution in [2.45, 2.75) is 18.1 Å². The number of nitrogens with two attached hydrogens (primary N) is 1. The van der Waals surface area contributed by atoms with Crippen molar-refractivity contribution in [3.05, 3.63) is 11.2 Å². The number of rotatable bonds is 2. The van der Waals surface area contributed by atoms with E-state index in [1.165, 1.54) is 6.20 Å². The Kier molecular flexibility index (Phi) is 1.78. The van der Waals surface area contributed by atoms with E-state index in [2.05, 4.69) is 5.10 Å². The first-order valence-electron chi connectivity index (χ1n) is 3.77. The summed E-state index contributed by atoms with van der Waals surface area (Å²) in [6, 6.07) is 0. The van der Waals surface area contributed by atoms with E-state index in [0.29, 0.717) is 12.8 Å². The first kappa shape index (κ1) is 8.83. The number of hydrogen-bond acceptors (Lipinski definition) is 4. The SMILES string of the molecule is Nc1nn(S(=O)(=O)C2CC2)cc1Cl. The summed E-state index contributed by atoms with van der Waals surface area (Å²) in [6.45, 7) is 0. The largest absolute Gasteiger partial charge is 0.381 e. The molecule has 0 bridgehead atoms. The van der Waals surface area contributed by atoms with Crippen molar-refractivity contribution in [1.29, 1.82) is 0 Å². The first-order chi connectivity index (χ1) is 6.01. The molecule has 2 N–H and O–H groups in total. The van der Waals surface area contributed by atoms with Crippen LogP contribution in [0.3, 0.4) is 0 Å². The van der Waals surface area contributed by atoms with E-state index < -0.39 is 10.0 Å². The molecule has 7 heteroatoms. The molecule has 1 aliphatic carbocycles. The van der Waals surface area contributed by atoms with Crippen LogP contribution in [0, 0.1) is 0 Å². The van der Waals surface area contributed by atoms with Gasteiger partial charge in [-0.3, -0.25) is 0 Å². The fraction of sp³-hybridized carbons (Fsp3) is 0.500. The normalized spacial score (nSPS) is 17.6. The van der Waals surface area contributed by atoms with Crippen LogP contribution in [-0.2, 0) is 10.0 Å². The summed E-state index contributed by atoms with van der Waals surface area (Å²) in [5.74, 6) is 0.0471. The van der Waals surface area contributed by atoms with Gasteiger partial charge in [0.25, 0.3) is 10.0 Å². The summed E-state index contributed by atoms with van der Waals surface area (Å²) in [7, 11) is -3.33. The summed E-state index contributed by atoms with van der Waals surface area (Å²) in [6.07, 6.45) is 2.62. The minimum atomic E-state index is -3.33. The predicted molar refractivity (Wildman–Crippen MR) is 49.0 cm³/mol. The quantitative estimate of drug-likeness (QED) is 0.787. The predicted octanol–water partition coefficient (Wildman–Crippen LogP) is 0.459. The minimum absolute atomic E-state index is 0.0471. The lowest BCUT2D eigenvalue weighted by Gasteiger charge is -1.99. The van der Waals surface area contributed by atoms with Gasteiger partial charge >= 0.3 is 0 Å². The molecule has 1 fully saturated rings. The third-order valence-electron chi connectivity index (χ3n) is 1.88. The van der Waals surface area contributed by atoms with Crippen LogP contribution in [0.1, 0.15) is 12.8 Å². The van der Waals surface area contributed by atoms with Gasteiger partial charge in [0.05, 0.1) is 11.4 Å². The van der Waals surface area contributed by atoms with E-state index in [1.54, 1.807) is 0 Å². The van der Waals surface area contributed by atoms with Gasteiger partial charge in [-0.15, -0.1) is 5.10 Å². The molecule has 0 spiro atoms. The lowest BCUT2D eigenvalue weighted by atomic mass is 10.7. The Morgan fingerprint density at radius 2 is 2.23 bits per heavy atom. The first-order valence-corrected chi connectivity index (χ1v) is 5.65. The number of hydrogen-bond donors (Lipinski definition) is 1. The van der Waals surface area contributed by atoms with Crippen LogP contribution in [0.2, 0.25) is 5.02 Å². The monoisotopic (exact) mass is 221 g/mol. The van der Waals surface area contributed by atoms with Gasteiger partial charge in [-0.1, -0.05) is 11.6 Å². The molecular weight excluding hydrogens is 214 g/mol. The van der Waals surface area contributed by atoms with Crippen LogP contribution in [-0.4, -0.2) is 22.9 Å².